The maximum Gasteiger partial charge on any atom is 0.0959 e. The lowest BCUT2D eigenvalue weighted by Crippen LogP contribution is -2.43. The lowest BCUT2D eigenvalue weighted by molar-refractivity contribution is -0.0365. The standard InChI is InChI=1S/C12H27NO3/c1-4-5-6-15-7-8-16-11(9-14)12(13)10(2)3/h10-12,14H,4-9,13H2,1-3H3. The van der Waals surface area contributed by atoms with Crippen molar-refractivity contribution < 1.29 is 14.6 Å². The fourth-order valence-electron chi connectivity index (χ4n) is 1.32. The van der Waals surface area contributed by atoms with Crippen molar-refractivity contribution in [2.75, 3.05) is 26.4 Å². The highest BCUT2D eigenvalue weighted by Crippen LogP contribution is 2.06. The Kier molecular flexibility index (Phi) is 9.92. The lowest BCUT2D eigenvalue weighted by Gasteiger charge is -2.25. The van der Waals surface area contributed by atoms with Gasteiger partial charge in [-0.2, -0.15) is 0 Å². The van der Waals surface area contributed by atoms with Gasteiger partial charge in [0.2, 0.25) is 0 Å². The van der Waals surface area contributed by atoms with Crippen molar-refractivity contribution in [3.8, 4) is 0 Å². The SMILES string of the molecule is CCCCOCCOC(CO)C(N)C(C)C. The fourth-order valence-corrected chi connectivity index (χ4v) is 1.32. The molecule has 0 saturated carbocycles. The summed E-state index contributed by atoms with van der Waals surface area (Å²) in [7, 11) is 0. The Morgan fingerprint density at radius 1 is 1.19 bits per heavy atom. The molecule has 0 heterocycles. The molecule has 0 bridgehead atoms. The minimum absolute atomic E-state index is 0.0334. The van der Waals surface area contributed by atoms with E-state index < -0.39 is 0 Å². The van der Waals surface area contributed by atoms with E-state index in [0.717, 1.165) is 19.4 Å². The normalized spacial score (nSPS) is 15.4. The molecule has 0 radical (unpaired) electrons. The summed E-state index contributed by atoms with van der Waals surface area (Å²) < 4.78 is 10.9. The second kappa shape index (κ2) is 10.0. The van der Waals surface area contributed by atoms with E-state index in [4.69, 9.17) is 20.3 Å². The van der Waals surface area contributed by atoms with Gasteiger partial charge in [-0.15, -0.1) is 0 Å². The topological polar surface area (TPSA) is 64.7 Å². The Bertz CT molecular complexity index is 153. The molecular weight excluding hydrogens is 206 g/mol. The maximum absolute atomic E-state index is 9.14. The average Bonchev–Trinajstić information content (AvgIpc) is 2.27. The molecule has 0 saturated heterocycles. The summed E-state index contributed by atoms with van der Waals surface area (Å²) in [5.41, 5.74) is 5.91. The summed E-state index contributed by atoms with van der Waals surface area (Å²) in [5, 5.41) is 9.14. The van der Waals surface area contributed by atoms with Crippen LogP contribution >= 0.6 is 0 Å². The van der Waals surface area contributed by atoms with Crippen molar-refractivity contribution in [3.63, 3.8) is 0 Å². The zero-order chi connectivity index (χ0) is 12.4. The molecule has 0 aromatic carbocycles. The van der Waals surface area contributed by atoms with Gasteiger partial charge in [0.05, 0.1) is 25.9 Å². The third-order valence-electron chi connectivity index (χ3n) is 2.58. The molecule has 0 spiro atoms. The number of nitrogens with two attached hydrogens (primary N) is 1. The van der Waals surface area contributed by atoms with E-state index in [1.54, 1.807) is 0 Å². The predicted molar refractivity (Wildman–Crippen MR) is 65.4 cm³/mol. The van der Waals surface area contributed by atoms with E-state index >= 15 is 0 Å². The minimum Gasteiger partial charge on any atom is -0.394 e. The van der Waals surface area contributed by atoms with Gasteiger partial charge < -0.3 is 20.3 Å². The van der Waals surface area contributed by atoms with Crippen LogP contribution < -0.4 is 5.73 Å². The quantitative estimate of drug-likeness (QED) is 0.556. The number of aliphatic hydroxyl groups excluding tert-OH is 1. The first kappa shape index (κ1) is 15.8. The van der Waals surface area contributed by atoms with Crippen LogP contribution in [0.5, 0.6) is 0 Å². The average molecular weight is 233 g/mol. The first-order valence-electron chi connectivity index (χ1n) is 6.19. The summed E-state index contributed by atoms with van der Waals surface area (Å²) in [6.07, 6.45) is 1.93. The Morgan fingerprint density at radius 3 is 2.38 bits per heavy atom. The molecule has 0 aliphatic rings. The Labute approximate surface area is 99.1 Å². The van der Waals surface area contributed by atoms with Crippen LogP contribution in [0.25, 0.3) is 0 Å². The molecule has 3 N–H and O–H groups in total. The van der Waals surface area contributed by atoms with Crippen molar-refractivity contribution >= 4 is 0 Å². The van der Waals surface area contributed by atoms with Crippen molar-refractivity contribution in [1.29, 1.82) is 0 Å². The Morgan fingerprint density at radius 2 is 1.88 bits per heavy atom. The minimum atomic E-state index is -0.283. The van der Waals surface area contributed by atoms with Gasteiger partial charge in [-0.05, 0) is 12.3 Å². The van der Waals surface area contributed by atoms with Crippen LogP contribution in [-0.2, 0) is 9.47 Å². The highest BCUT2D eigenvalue weighted by Gasteiger charge is 2.20. The third-order valence-corrected chi connectivity index (χ3v) is 2.58. The van der Waals surface area contributed by atoms with Gasteiger partial charge in [-0.25, -0.2) is 0 Å². The molecule has 4 nitrogen and oxygen atoms in total. The predicted octanol–water partition coefficient (Wildman–Crippen LogP) is 1.16. The molecule has 0 fully saturated rings. The first-order valence-corrected chi connectivity index (χ1v) is 6.19. The van der Waals surface area contributed by atoms with Gasteiger partial charge in [0.25, 0.3) is 0 Å². The molecule has 0 aromatic heterocycles. The van der Waals surface area contributed by atoms with Gasteiger partial charge in [-0.3, -0.25) is 0 Å². The highest BCUT2D eigenvalue weighted by atomic mass is 16.5. The first-order chi connectivity index (χ1) is 7.63. The highest BCUT2D eigenvalue weighted by molar-refractivity contribution is 4.75. The van der Waals surface area contributed by atoms with Gasteiger partial charge in [0.1, 0.15) is 0 Å². The van der Waals surface area contributed by atoms with E-state index in [0.29, 0.717) is 19.1 Å². The number of rotatable bonds is 10. The van der Waals surface area contributed by atoms with Crippen molar-refractivity contribution in [1.82, 2.24) is 0 Å². The molecule has 0 aromatic rings. The van der Waals surface area contributed by atoms with E-state index in [9.17, 15) is 0 Å². The van der Waals surface area contributed by atoms with Crippen molar-refractivity contribution in [3.05, 3.63) is 0 Å². The molecule has 2 unspecified atom stereocenters. The molecule has 0 rings (SSSR count). The molecule has 16 heavy (non-hydrogen) atoms. The van der Waals surface area contributed by atoms with Gasteiger partial charge in [0, 0.05) is 12.6 Å². The number of ether oxygens (including phenoxy) is 2. The summed E-state index contributed by atoms with van der Waals surface area (Å²) in [4.78, 5) is 0. The summed E-state index contributed by atoms with van der Waals surface area (Å²) >= 11 is 0. The van der Waals surface area contributed by atoms with Crippen LogP contribution in [0.15, 0.2) is 0 Å². The number of unbranched alkanes of at least 4 members (excludes halogenated alkanes) is 1. The summed E-state index contributed by atoms with van der Waals surface area (Å²) in [6.45, 7) is 7.98. The molecule has 2 atom stereocenters. The number of aliphatic hydroxyl groups is 1. The summed E-state index contributed by atoms with van der Waals surface area (Å²) in [6, 6.07) is -0.124. The van der Waals surface area contributed by atoms with Crippen LogP contribution in [0.2, 0.25) is 0 Å². The van der Waals surface area contributed by atoms with Crippen LogP contribution in [0, 0.1) is 5.92 Å². The van der Waals surface area contributed by atoms with E-state index in [1.807, 2.05) is 13.8 Å². The molecule has 4 heteroatoms. The molecule has 0 amide bonds. The Balaban J connectivity index is 3.55. The van der Waals surface area contributed by atoms with E-state index in [1.165, 1.54) is 0 Å². The van der Waals surface area contributed by atoms with E-state index in [-0.39, 0.29) is 18.8 Å². The molecular formula is C12H27NO3. The summed E-state index contributed by atoms with van der Waals surface area (Å²) in [5.74, 6) is 0.304. The fraction of sp³-hybridized carbons (Fsp3) is 1.00. The zero-order valence-corrected chi connectivity index (χ0v) is 10.8. The molecule has 0 aliphatic heterocycles. The van der Waals surface area contributed by atoms with Gasteiger partial charge in [0.15, 0.2) is 0 Å². The van der Waals surface area contributed by atoms with Crippen LogP contribution in [0.1, 0.15) is 33.6 Å². The maximum atomic E-state index is 9.14. The third kappa shape index (κ3) is 7.17. The van der Waals surface area contributed by atoms with Gasteiger partial charge >= 0.3 is 0 Å². The second-order valence-corrected chi connectivity index (χ2v) is 4.38. The Hall–Kier alpha value is -0.160. The van der Waals surface area contributed by atoms with Crippen molar-refractivity contribution in [2.45, 2.75) is 45.8 Å². The number of hydrogen-bond acceptors (Lipinski definition) is 4. The van der Waals surface area contributed by atoms with Crippen LogP contribution in [-0.4, -0.2) is 43.7 Å². The van der Waals surface area contributed by atoms with Crippen LogP contribution in [0.4, 0.5) is 0 Å². The smallest absolute Gasteiger partial charge is 0.0959 e. The monoisotopic (exact) mass is 233 g/mol. The zero-order valence-electron chi connectivity index (χ0n) is 10.8. The largest absolute Gasteiger partial charge is 0.394 e. The molecule has 0 aliphatic carbocycles. The van der Waals surface area contributed by atoms with Crippen LogP contribution in [0.3, 0.4) is 0 Å². The van der Waals surface area contributed by atoms with Crippen molar-refractivity contribution in [2.24, 2.45) is 11.7 Å². The second-order valence-electron chi connectivity index (χ2n) is 4.38. The molecule has 98 valence electrons. The lowest BCUT2D eigenvalue weighted by atomic mass is 10.0. The number of hydrogen-bond donors (Lipinski definition) is 2. The van der Waals surface area contributed by atoms with Gasteiger partial charge in [-0.1, -0.05) is 27.2 Å². The van der Waals surface area contributed by atoms with E-state index in [2.05, 4.69) is 6.92 Å².